The number of nitro groups is 1. The summed E-state index contributed by atoms with van der Waals surface area (Å²) in [5, 5.41) is 20.1. The second-order valence-electron chi connectivity index (χ2n) is 4.48. The highest BCUT2D eigenvalue weighted by atomic mass is 32.2. The maximum Gasteiger partial charge on any atom is 0.338 e. The van der Waals surface area contributed by atoms with Gasteiger partial charge in [0.25, 0.3) is 5.69 Å². The van der Waals surface area contributed by atoms with Gasteiger partial charge in [0.2, 0.25) is 0 Å². The molecule has 6 nitrogen and oxygen atoms in total. The summed E-state index contributed by atoms with van der Waals surface area (Å²) in [6.45, 7) is 3.88. The van der Waals surface area contributed by atoms with Crippen LogP contribution in [0.3, 0.4) is 0 Å². The number of hydrogen-bond donors (Lipinski definition) is 1. The van der Waals surface area contributed by atoms with Crippen molar-refractivity contribution in [2.24, 2.45) is 0 Å². The number of carboxylic acid groups (broad SMARTS) is 1. The highest BCUT2D eigenvalue weighted by Crippen LogP contribution is 2.32. The minimum Gasteiger partial charge on any atom is -0.478 e. The highest BCUT2D eigenvalue weighted by Gasteiger charge is 2.18. The molecular weight excluding hydrogens is 292 g/mol. The monoisotopic (exact) mass is 304 g/mol. The van der Waals surface area contributed by atoms with Crippen LogP contribution >= 0.6 is 11.8 Å². The molecule has 0 unspecified atom stereocenters. The molecule has 0 amide bonds. The van der Waals surface area contributed by atoms with Crippen molar-refractivity contribution in [3.63, 3.8) is 0 Å². The summed E-state index contributed by atoms with van der Waals surface area (Å²) in [4.78, 5) is 26.1. The molecule has 0 fully saturated rings. The van der Waals surface area contributed by atoms with Crippen LogP contribution in [0.4, 0.5) is 5.69 Å². The van der Waals surface area contributed by atoms with E-state index in [1.54, 1.807) is 0 Å². The van der Waals surface area contributed by atoms with Crippen molar-refractivity contribution < 1.29 is 14.8 Å². The summed E-state index contributed by atoms with van der Waals surface area (Å²) in [5.74, 6) is -1.24. The van der Waals surface area contributed by atoms with Crippen molar-refractivity contribution in [1.29, 1.82) is 0 Å². The standard InChI is InChI=1S/C14H12N2O4S/c1-8-3-4-12(9(2)5-8)21-13-11(14(17)18)6-10(7-15-13)16(19)20/h3-7H,1-2H3,(H,17,18). The molecular formula is C14H12N2O4S. The van der Waals surface area contributed by atoms with Gasteiger partial charge in [0.15, 0.2) is 0 Å². The number of nitrogens with zero attached hydrogens (tertiary/aromatic N) is 2. The van der Waals surface area contributed by atoms with Gasteiger partial charge in [0, 0.05) is 11.0 Å². The molecule has 1 aromatic carbocycles. The zero-order valence-corrected chi connectivity index (χ0v) is 12.2. The minimum atomic E-state index is -1.24. The molecule has 21 heavy (non-hydrogen) atoms. The van der Waals surface area contributed by atoms with Crippen LogP contribution in [0.25, 0.3) is 0 Å². The molecule has 0 saturated heterocycles. The van der Waals surface area contributed by atoms with E-state index >= 15 is 0 Å². The van der Waals surface area contributed by atoms with Gasteiger partial charge in [0.1, 0.15) is 11.2 Å². The zero-order valence-electron chi connectivity index (χ0n) is 11.4. The van der Waals surface area contributed by atoms with Crippen molar-refractivity contribution in [1.82, 2.24) is 4.98 Å². The lowest BCUT2D eigenvalue weighted by Gasteiger charge is -2.08. The van der Waals surface area contributed by atoms with Gasteiger partial charge in [-0.3, -0.25) is 10.1 Å². The highest BCUT2D eigenvalue weighted by molar-refractivity contribution is 7.99. The Bertz CT molecular complexity index is 731. The van der Waals surface area contributed by atoms with Gasteiger partial charge >= 0.3 is 5.97 Å². The van der Waals surface area contributed by atoms with E-state index in [0.717, 1.165) is 28.3 Å². The molecule has 0 aliphatic carbocycles. The van der Waals surface area contributed by atoms with Crippen molar-refractivity contribution in [2.45, 2.75) is 23.8 Å². The zero-order chi connectivity index (χ0) is 15.6. The molecule has 0 spiro atoms. The Balaban J connectivity index is 2.44. The normalized spacial score (nSPS) is 10.4. The molecule has 7 heteroatoms. The van der Waals surface area contributed by atoms with Crippen molar-refractivity contribution in [2.75, 3.05) is 0 Å². The molecule has 1 aromatic heterocycles. The third-order valence-electron chi connectivity index (χ3n) is 2.81. The number of aryl methyl sites for hydroxylation is 2. The fourth-order valence-corrected chi connectivity index (χ4v) is 2.72. The Hall–Kier alpha value is -2.41. The summed E-state index contributed by atoms with van der Waals surface area (Å²) < 4.78 is 0. The predicted octanol–water partition coefficient (Wildman–Crippen LogP) is 3.46. The number of pyridine rings is 1. The topological polar surface area (TPSA) is 93.3 Å². The first kappa shape index (κ1) is 15.0. The Morgan fingerprint density at radius 3 is 2.62 bits per heavy atom. The first-order chi connectivity index (χ1) is 9.88. The van der Waals surface area contributed by atoms with E-state index in [0.29, 0.717) is 0 Å². The van der Waals surface area contributed by atoms with Gasteiger partial charge in [0.05, 0.1) is 10.5 Å². The molecule has 0 aliphatic heterocycles. The van der Waals surface area contributed by atoms with Gasteiger partial charge in [-0.25, -0.2) is 9.78 Å². The molecule has 0 aliphatic rings. The fraction of sp³-hybridized carbons (Fsp3) is 0.143. The lowest BCUT2D eigenvalue weighted by molar-refractivity contribution is -0.385. The third kappa shape index (κ3) is 3.38. The van der Waals surface area contributed by atoms with Crippen molar-refractivity contribution in [3.05, 3.63) is 57.3 Å². The Kier molecular flexibility index (Phi) is 4.23. The first-order valence-corrected chi connectivity index (χ1v) is 6.83. The molecule has 0 saturated carbocycles. The summed E-state index contributed by atoms with van der Waals surface area (Å²) in [7, 11) is 0. The van der Waals surface area contributed by atoms with E-state index in [-0.39, 0.29) is 16.3 Å². The second kappa shape index (κ2) is 5.92. The third-order valence-corrected chi connectivity index (χ3v) is 4.01. The largest absolute Gasteiger partial charge is 0.478 e. The van der Waals surface area contributed by atoms with Crippen LogP contribution in [-0.4, -0.2) is 21.0 Å². The van der Waals surface area contributed by atoms with E-state index in [2.05, 4.69) is 4.98 Å². The quantitative estimate of drug-likeness (QED) is 0.686. The lowest BCUT2D eigenvalue weighted by Crippen LogP contribution is -2.03. The van der Waals surface area contributed by atoms with Crippen LogP contribution in [0.15, 0.2) is 40.4 Å². The summed E-state index contributed by atoms with van der Waals surface area (Å²) in [6.07, 6.45) is 1.07. The maximum absolute atomic E-state index is 11.2. The molecule has 1 N–H and O–H groups in total. The number of carbonyl (C=O) groups is 1. The Labute approximate surface area is 125 Å². The van der Waals surface area contributed by atoms with Crippen molar-refractivity contribution in [3.8, 4) is 0 Å². The molecule has 1 heterocycles. The second-order valence-corrected chi connectivity index (χ2v) is 5.51. The van der Waals surface area contributed by atoms with Crippen LogP contribution in [0, 0.1) is 24.0 Å². The summed E-state index contributed by atoms with van der Waals surface area (Å²) in [6, 6.07) is 6.81. The predicted molar refractivity (Wildman–Crippen MR) is 77.9 cm³/mol. The van der Waals surface area contributed by atoms with E-state index in [1.807, 2.05) is 32.0 Å². The SMILES string of the molecule is Cc1ccc(Sc2ncc([N+](=O)[O-])cc2C(=O)O)c(C)c1. The first-order valence-electron chi connectivity index (χ1n) is 6.01. The number of aromatic carboxylic acids is 1. The van der Waals surface area contributed by atoms with E-state index in [9.17, 15) is 20.0 Å². The number of benzene rings is 1. The van der Waals surface area contributed by atoms with Gasteiger partial charge in [-0.1, -0.05) is 29.5 Å². The van der Waals surface area contributed by atoms with Crippen LogP contribution in [-0.2, 0) is 0 Å². The number of aromatic nitrogens is 1. The summed E-state index contributed by atoms with van der Waals surface area (Å²) >= 11 is 1.18. The molecule has 2 aromatic rings. The maximum atomic E-state index is 11.2. The van der Waals surface area contributed by atoms with Crippen molar-refractivity contribution >= 4 is 23.4 Å². The van der Waals surface area contributed by atoms with Gasteiger partial charge < -0.3 is 5.11 Å². The van der Waals surface area contributed by atoms with Crippen LogP contribution < -0.4 is 0 Å². The number of carboxylic acids is 1. The molecule has 0 atom stereocenters. The summed E-state index contributed by atoms with van der Waals surface area (Å²) in [5.41, 5.74) is 1.59. The van der Waals surface area contributed by atoms with Gasteiger partial charge in [-0.05, 0) is 25.5 Å². The van der Waals surface area contributed by atoms with Gasteiger partial charge in [-0.2, -0.15) is 0 Å². The molecule has 2 rings (SSSR count). The fourth-order valence-electron chi connectivity index (χ4n) is 1.79. The molecule has 0 bridgehead atoms. The number of hydrogen-bond acceptors (Lipinski definition) is 5. The van der Waals surface area contributed by atoms with Crippen LogP contribution in [0.5, 0.6) is 0 Å². The van der Waals surface area contributed by atoms with Crippen LogP contribution in [0.1, 0.15) is 21.5 Å². The van der Waals surface area contributed by atoms with Gasteiger partial charge in [-0.15, -0.1) is 0 Å². The molecule has 108 valence electrons. The van der Waals surface area contributed by atoms with Crippen LogP contribution in [0.2, 0.25) is 0 Å². The Morgan fingerprint density at radius 1 is 1.33 bits per heavy atom. The van der Waals surface area contributed by atoms with E-state index in [4.69, 9.17) is 0 Å². The average Bonchev–Trinajstić information content (AvgIpc) is 2.41. The molecule has 0 radical (unpaired) electrons. The average molecular weight is 304 g/mol. The lowest BCUT2D eigenvalue weighted by atomic mass is 10.2. The number of rotatable bonds is 4. The smallest absolute Gasteiger partial charge is 0.338 e. The minimum absolute atomic E-state index is 0.172. The van der Waals surface area contributed by atoms with E-state index in [1.165, 1.54) is 11.8 Å². The van der Waals surface area contributed by atoms with E-state index < -0.39 is 10.9 Å². The Morgan fingerprint density at radius 2 is 2.05 bits per heavy atom.